The molecule has 0 spiro atoms. The smallest absolute Gasteiger partial charge is 0.159 e. The Labute approximate surface area is 321 Å². The summed E-state index contributed by atoms with van der Waals surface area (Å²) < 4.78 is 15.8. The molecular formula is C52H32N2O2. The zero-order chi connectivity index (χ0) is 36.7. The Morgan fingerprint density at radius 1 is 0.375 bits per heavy atom. The molecule has 4 heteroatoms. The average Bonchev–Trinajstić information content (AvgIpc) is 3.95. The van der Waals surface area contributed by atoms with Gasteiger partial charge in [-0.3, -0.25) is 0 Å². The summed E-state index contributed by atoms with van der Waals surface area (Å²) in [4.78, 5) is 2.33. The maximum atomic E-state index is 6.70. The highest BCUT2D eigenvalue weighted by Crippen LogP contribution is 2.47. The van der Waals surface area contributed by atoms with Gasteiger partial charge in [0, 0.05) is 43.6 Å². The summed E-state index contributed by atoms with van der Waals surface area (Å²) in [5.41, 5.74) is 12.2. The zero-order valence-electron chi connectivity index (χ0n) is 30.2. The van der Waals surface area contributed by atoms with Crippen LogP contribution in [0.5, 0.6) is 0 Å². The molecule has 3 heterocycles. The highest BCUT2D eigenvalue weighted by Gasteiger charge is 2.24. The van der Waals surface area contributed by atoms with Gasteiger partial charge in [-0.05, 0) is 71.6 Å². The minimum Gasteiger partial charge on any atom is -0.455 e. The standard InChI is InChI=1S/C52H32N2O2/c1-2-15-37-33(13-1)29-32-42-50-46(23-12-26-49(50)56-51(37)42)53(47-24-11-19-41-40-18-6-10-25-48(40)55-52(41)47)35-30-27-34(28-31-35)36-14-3-7-20-43(36)54-44-21-8-4-16-38(44)39-17-5-9-22-45(39)54/h1-32H. The van der Waals surface area contributed by atoms with Crippen molar-refractivity contribution >= 4 is 93.5 Å². The molecule has 262 valence electrons. The monoisotopic (exact) mass is 716 g/mol. The van der Waals surface area contributed by atoms with Crippen LogP contribution < -0.4 is 4.90 Å². The second-order valence-electron chi connectivity index (χ2n) is 14.4. The number of benzene rings is 9. The number of fused-ring (bicyclic) bond motifs is 11. The van der Waals surface area contributed by atoms with Gasteiger partial charge >= 0.3 is 0 Å². The molecule has 0 aliphatic rings. The van der Waals surface area contributed by atoms with Crippen LogP contribution in [0.25, 0.3) is 93.3 Å². The van der Waals surface area contributed by atoms with Crippen molar-refractivity contribution in [3.8, 4) is 16.8 Å². The predicted octanol–water partition coefficient (Wildman–Crippen LogP) is 14.9. The summed E-state index contributed by atoms with van der Waals surface area (Å²) in [7, 11) is 0. The molecule has 12 aromatic rings. The number of hydrogen-bond acceptors (Lipinski definition) is 3. The van der Waals surface area contributed by atoms with E-state index in [1.165, 1.54) is 21.8 Å². The molecule has 3 aromatic heterocycles. The Morgan fingerprint density at radius 3 is 1.80 bits per heavy atom. The fourth-order valence-electron chi connectivity index (χ4n) is 8.92. The highest BCUT2D eigenvalue weighted by atomic mass is 16.3. The molecular weight excluding hydrogens is 685 g/mol. The summed E-state index contributed by atoms with van der Waals surface area (Å²) in [6, 6.07) is 68.9. The van der Waals surface area contributed by atoms with Gasteiger partial charge in [-0.2, -0.15) is 0 Å². The Balaban J connectivity index is 1.08. The summed E-state index contributed by atoms with van der Waals surface area (Å²) in [5.74, 6) is 0. The van der Waals surface area contributed by atoms with Gasteiger partial charge in [0.2, 0.25) is 0 Å². The van der Waals surface area contributed by atoms with E-state index < -0.39 is 0 Å². The number of rotatable bonds is 5. The van der Waals surface area contributed by atoms with Gasteiger partial charge in [-0.15, -0.1) is 0 Å². The Morgan fingerprint density at radius 2 is 0.982 bits per heavy atom. The van der Waals surface area contributed by atoms with E-state index in [0.717, 1.165) is 88.5 Å². The molecule has 0 saturated carbocycles. The summed E-state index contributed by atoms with van der Waals surface area (Å²) in [6.45, 7) is 0. The Hall–Kier alpha value is -7.56. The fraction of sp³-hybridized carbons (Fsp3) is 0. The molecule has 0 N–H and O–H groups in total. The van der Waals surface area contributed by atoms with Crippen molar-refractivity contribution in [2.75, 3.05) is 4.90 Å². The van der Waals surface area contributed by atoms with Gasteiger partial charge in [0.1, 0.15) is 16.7 Å². The summed E-state index contributed by atoms with van der Waals surface area (Å²) >= 11 is 0. The Kier molecular flexibility index (Phi) is 6.60. The quantitative estimate of drug-likeness (QED) is 0.178. The van der Waals surface area contributed by atoms with Crippen molar-refractivity contribution in [1.82, 2.24) is 4.57 Å². The first-order chi connectivity index (χ1) is 27.8. The van der Waals surface area contributed by atoms with E-state index in [-0.39, 0.29) is 0 Å². The molecule has 0 bridgehead atoms. The lowest BCUT2D eigenvalue weighted by Gasteiger charge is -2.26. The van der Waals surface area contributed by atoms with E-state index in [2.05, 4.69) is 191 Å². The lowest BCUT2D eigenvalue weighted by atomic mass is 10.0. The first kappa shape index (κ1) is 30.9. The average molecular weight is 717 g/mol. The first-order valence-electron chi connectivity index (χ1n) is 19.0. The van der Waals surface area contributed by atoms with E-state index in [0.29, 0.717) is 0 Å². The number of hydrogen-bond donors (Lipinski definition) is 0. The SMILES string of the molecule is c1ccc(-n2c3ccccc3c3ccccc32)c(-c2ccc(N(c3cccc4c3oc3ccccc34)c3cccc4oc5c6ccccc6ccc5c34)cc2)c1. The molecule has 0 amide bonds. The van der Waals surface area contributed by atoms with Crippen LogP contribution in [0.4, 0.5) is 17.1 Å². The summed E-state index contributed by atoms with van der Waals surface area (Å²) in [5, 5.41) is 9.06. The number of furan rings is 2. The van der Waals surface area contributed by atoms with E-state index in [4.69, 9.17) is 8.83 Å². The molecule has 12 rings (SSSR count). The lowest BCUT2D eigenvalue weighted by molar-refractivity contribution is 0.669. The molecule has 0 radical (unpaired) electrons. The van der Waals surface area contributed by atoms with E-state index >= 15 is 0 Å². The second kappa shape index (κ2) is 12.0. The minimum absolute atomic E-state index is 0.838. The molecule has 0 unspecified atom stereocenters. The molecule has 56 heavy (non-hydrogen) atoms. The lowest BCUT2D eigenvalue weighted by Crippen LogP contribution is -2.10. The van der Waals surface area contributed by atoms with E-state index in [9.17, 15) is 0 Å². The van der Waals surface area contributed by atoms with Crippen LogP contribution in [0, 0.1) is 0 Å². The van der Waals surface area contributed by atoms with Gasteiger partial charge in [-0.1, -0.05) is 133 Å². The molecule has 4 nitrogen and oxygen atoms in total. The molecule has 0 aliphatic heterocycles. The summed E-state index contributed by atoms with van der Waals surface area (Å²) in [6.07, 6.45) is 0. The van der Waals surface area contributed by atoms with Crippen LogP contribution in [-0.4, -0.2) is 4.57 Å². The fourth-order valence-corrected chi connectivity index (χ4v) is 8.92. The third-order valence-electron chi connectivity index (χ3n) is 11.4. The van der Waals surface area contributed by atoms with Gasteiger partial charge in [0.25, 0.3) is 0 Å². The van der Waals surface area contributed by atoms with Crippen molar-refractivity contribution < 1.29 is 8.83 Å². The first-order valence-corrected chi connectivity index (χ1v) is 19.0. The van der Waals surface area contributed by atoms with Crippen molar-refractivity contribution in [3.05, 3.63) is 194 Å². The number of para-hydroxylation sites is 5. The third-order valence-corrected chi connectivity index (χ3v) is 11.4. The van der Waals surface area contributed by atoms with Gasteiger partial charge in [0.15, 0.2) is 5.58 Å². The maximum absolute atomic E-state index is 6.70. The van der Waals surface area contributed by atoms with Crippen LogP contribution in [0.1, 0.15) is 0 Å². The molecule has 0 saturated heterocycles. The normalized spacial score (nSPS) is 11.9. The third kappa shape index (κ3) is 4.47. The highest BCUT2D eigenvalue weighted by molar-refractivity contribution is 6.20. The molecule has 9 aromatic carbocycles. The number of nitrogens with zero attached hydrogens (tertiary/aromatic N) is 2. The van der Waals surface area contributed by atoms with Crippen LogP contribution in [0.2, 0.25) is 0 Å². The van der Waals surface area contributed by atoms with Gasteiger partial charge in [0.05, 0.1) is 33.5 Å². The van der Waals surface area contributed by atoms with Crippen molar-refractivity contribution in [3.63, 3.8) is 0 Å². The zero-order valence-corrected chi connectivity index (χ0v) is 30.2. The maximum Gasteiger partial charge on any atom is 0.159 e. The molecule has 0 atom stereocenters. The van der Waals surface area contributed by atoms with Crippen LogP contribution in [-0.2, 0) is 0 Å². The van der Waals surface area contributed by atoms with Gasteiger partial charge in [-0.25, -0.2) is 0 Å². The van der Waals surface area contributed by atoms with Crippen LogP contribution >= 0.6 is 0 Å². The second-order valence-corrected chi connectivity index (χ2v) is 14.4. The van der Waals surface area contributed by atoms with Crippen molar-refractivity contribution in [2.24, 2.45) is 0 Å². The predicted molar refractivity (Wildman–Crippen MR) is 233 cm³/mol. The van der Waals surface area contributed by atoms with Crippen LogP contribution in [0.15, 0.2) is 203 Å². The van der Waals surface area contributed by atoms with Crippen LogP contribution in [0.3, 0.4) is 0 Å². The van der Waals surface area contributed by atoms with E-state index in [1.54, 1.807) is 0 Å². The van der Waals surface area contributed by atoms with Crippen molar-refractivity contribution in [2.45, 2.75) is 0 Å². The molecule has 0 fully saturated rings. The Bertz CT molecular complexity index is 3440. The number of aromatic nitrogens is 1. The van der Waals surface area contributed by atoms with Gasteiger partial charge < -0.3 is 18.3 Å². The number of anilines is 3. The topological polar surface area (TPSA) is 34.5 Å². The van der Waals surface area contributed by atoms with Crippen molar-refractivity contribution in [1.29, 1.82) is 0 Å². The molecule has 0 aliphatic carbocycles. The van der Waals surface area contributed by atoms with E-state index in [1.807, 2.05) is 12.1 Å². The minimum atomic E-state index is 0.838. The largest absolute Gasteiger partial charge is 0.455 e.